The van der Waals surface area contributed by atoms with E-state index in [2.05, 4.69) is 32.0 Å². The largest absolute Gasteiger partial charge is 0.368 e. The zero-order valence-electron chi connectivity index (χ0n) is 15.2. The number of aromatic nitrogens is 4. The molecule has 140 valence electrons. The summed E-state index contributed by atoms with van der Waals surface area (Å²) in [7, 11) is 0. The maximum Gasteiger partial charge on any atom is 0.184 e. The van der Waals surface area contributed by atoms with Gasteiger partial charge in [-0.1, -0.05) is 23.7 Å². The maximum atomic E-state index is 11.0. The van der Waals surface area contributed by atoms with E-state index in [-0.39, 0.29) is 0 Å². The maximum absolute atomic E-state index is 11.0. The van der Waals surface area contributed by atoms with Crippen LogP contribution in [0.2, 0.25) is 5.02 Å². The van der Waals surface area contributed by atoms with Crippen molar-refractivity contribution < 1.29 is 4.79 Å². The van der Waals surface area contributed by atoms with Gasteiger partial charge in [0.1, 0.15) is 11.2 Å². The van der Waals surface area contributed by atoms with Gasteiger partial charge in [0.05, 0.1) is 16.4 Å². The number of fused-ring (bicyclic) bond motifs is 1. The van der Waals surface area contributed by atoms with Crippen molar-refractivity contribution >= 4 is 34.7 Å². The van der Waals surface area contributed by atoms with Gasteiger partial charge in [0, 0.05) is 26.2 Å². The van der Waals surface area contributed by atoms with Crippen LogP contribution in [0.3, 0.4) is 0 Å². The quantitative estimate of drug-likeness (QED) is 0.630. The molecular formula is C19H21ClN6O. The van der Waals surface area contributed by atoms with Crippen LogP contribution in [0.15, 0.2) is 30.3 Å². The third kappa shape index (κ3) is 3.52. The molecule has 27 heavy (non-hydrogen) atoms. The Morgan fingerprint density at radius 2 is 1.96 bits per heavy atom. The molecular weight excluding hydrogens is 364 g/mol. The summed E-state index contributed by atoms with van der Waals surface area (Å²) in [4.78, 5) is 20.1. The molecule has 1 saturated heterocycles. The normalized spacial score (nSPS) is 15.4. The highest BCUT2D eigenvalue weighted by molar-refractivity contribution is 6.33. The van der Waals surface area contributed by atoms with Crippen LogP contribution in [0.5, 0.6) is 0 Å². The summed E-state index contributed by atoms with van der Waals surface area (Å²) in [5.41, 5.74) is 3.32. The molecule has 0 saturated carbocycles. The van der Waals surface area contributed by atoms with Crippen molar-refractivity contribution in [2.75, 3.05) is 37.6 Å². The zero-order valence-corrected chi connectivity index (χ0v) is 15.9. The fraction of sp³-hybridized carbons (Fsp3) is 0.368. The van der Waals surface area contributed by atoms with Gasteiger partial charge in [-0.2, -0.15) is 4.68 Å². The second-order valence-electron chi connectivity index (χ2n) is 6.66. The van der Waals surface area contributed by atoms with Crippen LogP contribution < -0.4 is 4.90 Å². The minimum absolute atomic E-state index is 0.346. The van der Waals surface area contributed by atoms with Crippen molar-refractivity contribution in [3.8, 4) is 5.69 Å². The van der Waals surface area contributed by atoms with Crippen LogP contribution >= 0.6 is 11.6 Å². The number of carbonyl (C=O) groups is 1. The summed E-state index contributed by atoms with van der Waals surface area (Å²) < 4.78 is 1.61. The number of anilines is 1. The van der Waals surface area contributed by atoms with E-state index in [0.29, 0.717) is 28.2 Å². The van der Waals surface area contributed by atoms with Crippen LogP contribution in [0.1, 0.15) is 23.8 Å². The first-order chi connectivity index (χ1) is 13.2. The second kappa shape index (κ2) is 7.62. The fourth-order valence-corrected chi connectivity index (χ4v) is 3.77. The summed E-state index contributed by atoms with van der Waals surface area (Å²) in [6, 6.07) is 9.22. The topological polar surface area (TPSA) is 67.2 Å². The van der Waals surface area contributed by atoms with Crippen molar-refractivity contribution in [2.24, 2.45) is 0 Å². The number of aldehydes is 1. The minimum Gasteiger partial charge on any atom is -0.368 e. The van der Waals surface area contributed by atoms with Crippen molar-refractivity contribution in [3.05, 3.63) is 41.0 Å². The predicted molar refractivity (Wildman–Crippen MR) is 106 cm³/mol. The Hall–Kier alpha value is -2.51. The van der Waals surface area contributed by atoms with Crippen LogP contribution in [-0.4, -0.2) is 63.9 Å². The Morgan fingerprint density at radius 3 is 2.67 bits per heavy atom. The van der Waals surface area contributed by atoms with Crippen molar-refractivity contribution in [2.45, 2.75) is 13.3 Å². The SMILES string of the molecule is CCCN1CCN(c2ccc(-n3nnc4ccc(C=O)nc43)cc2Cl)CC1. The predicted octanol–water partition coefficient (Wildman–Crippen LogP) is 2.81. The molecule has 0 radical (unpaired) electrons. The van der Waals surface area contributed by atoms with Crippen molar-refractivity contribution in [3.63, 3.8) is 0 Å². The molecule has 7 nitrogen and oxygen atoms in total. The molecule has 0 bridgehead atoms. The first-order valence-electron chi connectivity index (χ1n) is 9.14. The van der Waals surface area contributed by atoms with Crippen LogP contribution in [0, 0.1) is 0 Å². The van der Waals surface area contributed by atoms with E-state index < -0.39 is 0 Å². The molecule has 0 spiro atoms. The standard InChI is InChI=1S/C19H21ClN6O/c1-2-7-24-8-10-25(11-9-24)18-6-4-15(12-16(18)20)26-19-17(22-23-26)5-3-14(13-27)21-19/h3-6,12-13H,2,7-11H2,1H3. The van der Waals surface area contributed by atoms with Crippen LogP contribution in [0.25, 0.3) is 16.9 Å². The highest BCUT2D eigenvalue weighted by Gasteiger charge is 2.19. The second-order valence-corrected chi connectivity index (χ2v) is 7.07. The van der Waals surface area contributed by atoms with Crippen LogP contribution in [-0.2, 0) is 0 Å². The summed E-state index contributed by atoms with van der Waals surface area (Å²) in [5.74, 6) is 0. The molecule has 2 aromatic heterocycles. The third-order valence-corrected chi connectivity index (χ3v) is 5.17. The van der Waals surface area contributed by atoms with E-state index >= 15 is 0 Å². The Bertz CT molecular complexity index is 964. The minimum atomic E-state index is 0.346. The number of piperazine rings is 1. The number of benzene rings is 1. The Balaban J connectivity index is 1.60. The highest BCUT2D eigenvalue weighted by atomic mass is 35.5. The summed E-state index contributed by atoms with van der Waals surface area (Å²) in [5, 5.41) is 8.95. The highest BCUT2D eigenvalue weighted by Crippen LogP contribution is 2.29. The molecule has 1 aliphatic rings. The zero-order chi connectivity index (χ0) is 18.8. The molecule has 1 aliphatic heterocycles. The van der Waals surface area contributed by atoms with Gasteiger partial charge in [-0.15, -0.1) is 5.10 Å². The number of halogens is 1. The lowest BCUT2D eigenvalue weighted by molar-refractivity contribution is 0.111. The molecule has 1 aromatic carbocycles. The Labute approximate surface area is 162 Å². The van der Waals surface area contributed by atoms with Gasteiger partial charge in [-0.25, -0.2) is 4.98 Å². The number of rotatable bonds is 5. The molecule has 0 N–H and O–H groups in total. The molecule has 1 fully saturated rings. The van der Waals surface area contributed by atoms with Crippen molar-refractivity contribution in [1.29, 1.82) is 0 Å². The fourth-order valence-electron chi connectivity index (χ4n) is 3.48. The molecule has 8 heteroatoms. The molecule has 3 aromatic rings. The monoisotopic (exact) mass is 384 g/mol. The summed E-state index contributed by atoms with van der Waals surface area (Å²) in [6.07, 6.45) is 1.90. The molecule has 0 atom stereocenters. The third-order valence-electron chi connectivity index (χ3n) is 4.87. The van der Waals surface area contributed by atoms with Gasteiger partial charge >= 0.3 is 0 Å². The summed E-state index contributed by atoms with van der Waals surface area (Å²) in [6.45, 7) is 7.40. The first-order valence-corrected chi connectivity index (χ1v) is 9.52. The van der Waals surface area contributed by atoms with E-state index in [4.69, 9.17) is 11.6 Å². The average Bonchev–Trinajstić information content (AvgIpc) is 3.12. The summed E-state index contributed by atoms with van der Waals surface area (Å²) >= 11 is 6.59. The molecule has 0 unspecified atom stereocenters. The van der Waals surface area contributed by atoms with E-state index in [9.17, 15) is 4.79 Å². The van der Waals surface area contributed by atoms with Gasteiger partial charge in [0.2, 0.25) is 0 Å². The number of pyridine rings is 1. The smallest absolute Gasteiger partial charge is 0.184 e. The Kier molecular flexibility index (Phi) is 5.05. The van der Waals surface area contributed by atoms with E-state index in [1.165, 1.54) is 6.42 Å². The molecule has 3 heterocycles. The lowest BCUT2D eigenvalue weighted by atomic mass is 10.2. The average molecular weight is 385 g/mol. The number of hydrogen-bond acceptors (Lipinski definition) is 6. The van der Waals surface area contributed by atoms with Gasteiger partial charge in [-0.05, 0) is 43.3 Å². The first kappa shape index (κ1) is 17.9. The van der Waals surface area contributed by atoms with E-state index in [1.807, 2.05) is 18.2 Å². The lowest BCUT2D eigenvalue weighted by Gasteiger charge is -2.36. The van der Waals surface area contributed by atoms with Gasteiger partial charge in [0.15, 0.2) is 11.9 Å². The number of nitrogens with zero attached hydrogens (tertiary/aromatic N) is 6. The molecule has 4 rings (SSSR count). The lowest BCUT2D eigenvalue weighted by Crippen LogP contribution is -2.46. The molecule has 0 amide bonds. The number of carbonyl (C=O) groups excluding carboxylic acids is 1. The Morgan fingerprint density at radius 1 is 1.15 bits per heavy atom. The van der Waals surface area contributed by atoms with E-state index in [1.54, 1.807) is 16.8 Å². The van der Waals surface area contributed by atoms with Crippen molar-refractivity contribution in [1.82, 2.24) is 24.9 Å². The van der Waals surface area contributed by atoms with Crippen LogP contribution in [0.4, 0.5) is 5.69 Å². The van der Waals surface area contributed by atoms with Gasteiger partial charge < -0.3 is 4.90 Å². The number of hydrogen-bond donors (Lipinski definition) is 0. The molecule has 0 aliphatic carbocycles. The van der Waals surface area contributed by atoms with Gasteiger partial charge in [0.25, 0.3) is 0 Å². The van der Waals surface area contributed by atoms with E-state index in [0.717, 1.165) is 44.1 Å². The van der Waals surface area contributed by atoms with Gasteiger partial charge in [-0.3, -0.25) is 9.69 Å².